The van der Waals surface area contributed by atoms with Crippen molar-refractivity contribution in [3.63, 3.8) is 0 Å². The molecular formula is C9H2Cl4N2O2. The van der Waals surface area contributed by atoms with Crippen molar-refractivity contribution in [2.75, 3.05) is 0 Å². The van der Waals surface area contributed by atoms with Crippen LogP contribution >= 0.6 is 46.4 Å². The fraction of sp³-hybridized carbons (Fsp3) is 0. The zero-order valence-corrected chi connectivity index (χ0v) is 10.9. The van der Waals surface area contributed by atoms with E-state index in [-0.39, 0.29) is 25.7 Å². The van der Waals surface area contributed by atoms with E-state index in [2.05, 4.69) is 4.98 Å². The molecule has 2 rings (SSSR count). The van der Waals surface area contributed by atoms with Crippen molar-refractivity contribution in [2.45, 2.75) is 0 Å². The van der Waals surface area contributed by atoms with E-state index in [9.17, 15) is 10.1 Å². The molecule has 0 bridgehead atoms. The van der Waals surface area contributed by atoms with Crippen molar-refractivity contribution in [2.24, 2.45) is 0 Å². The molecule has 0 aliphatic carbocycles. The minimum atomic E-state index is -0.695. The lowest BCUT2D eigenvalue weighted by atomic mass is 10.2. The van der Waals surface area contributed by atoms with Gasteiger partial charge in [-0.15, -0.1) is 0 Å². The Hall–Kier alpha value is -0.810. The molecule has 0 amide bonds. The smallest absolute Gasteiger partial charge is 0.258 e. The Morgan fingerprint density at radius 3 is 2.35 bits per heavy atom. The van der Waals surface area contributed by atoms with E-state index < -0.39 is 10.6 Å². The fourth-order valence-corrected chi connectivity index (χ4v) is 2.32. The van der Waals surface area contributed by atoms with Crippen molar-refractivity contribution in [1.29, 1.82) is 0 Å². The first kappa shape index (κ1) is 12.6. The van der Waals surface area contributed by atoms with Crippen LogP contribution in [-0.4, -0.2) is 9.91 Å². The second kappa shape index (κ2) is 4.46. The normalized spacial score (nSPS) is 10.8. The number of nitrogens with zero attached hydrogens (tertiary/aromatic N) is 2. The van der Waals surface area contributed by atoms with Crippen LogP contribution in [0.15, 0.2) is 12.1 Å². The SMILES string of the molecule is O=[N+]([O-])c1c(Cl)nc2c(Cl)c(Cl)ccc2c1Cl. The Labute approximate surface area is 115 Å². The molecule has 8 heteroatoms. The Morgan fingerprint density at radius 1 is 1.12 bits per heavy atom. The van der Waals surface area contributed by atoms with Gasteiger partial charge in [0, 0.05) is 5.39 Å². The number of hydrogen-bond acceptors (Lipinski definition) is 3. The van der Waals surface area contributed by atoms with Crippen LogP contribution in [0.4, 0.5) is 5.69 Å². The maximum Gasteiger partial charge on any atom is 0.325 e. The molecule has 0 unspecified atom stereocenters. The lowest BCUT2D eigenvalue weighted by Crippen LogP contribution is -1.94. The van der Waals surface area contributed by atoms with Crippen molar-refractivity contribution in [3.05, 3.63) is 42.5 Å². The highest BCUT2D eigenvalue weighted by Crippen LogP contribution is 2.40. The van der Waals surface area contributed by atoms with Crippen LogP contribution in [0, 0.1) is 10.1 Å². The topological polar surface area (TPSA) is 56.0 Å². The van der Waals surface area contributed by atoms with E-state index in [1.54, 1.807) is 0 Å². The molecule has 0 aliphatic rings. The van der Waals surface area contributed by atoms with Gasteiger partial charge in [0.2, 0.25) is 5.15 Å². The van der Waals surface area contributed by atoms with Crippen LogP contribution in [-0.2, 0) is 0 Å². The predicted molar refractivity (Wildman–Crippen MR) is 68.4 cm³/mol. The number of benzene rings is 1. The first-order valence-corrected chi connectivity index (χ1v) is 5.71. The minimum Gasteiger partial charge on any atom is -0.258 e. The molecule has 4 nitrogen and oxygen atoms in total. The summed E-state index contributed by atoms with van der Waals surface area (Å²) in [6.07, 6.45) is 0. The van der Waals surface area contributed by atoms with Crippen molar-refractivity contribution in [1.82, 2.24) is 4.98 Å². The summed E-state index contributed by atoms with van der Waals surface area (Å²) in [7, 11) is 0. The second-order valence-electron chi connectivity index (χ2n) is 3.08. The summed E-state index contributed by atoms with van der Waals surface area (Å²) in [5.74, 6) is 0. The maximum absolute atomic E-state index is 10.8. The highest BCUT2D eigenvalue weighted by molar-refractivity contribution is 6.47. The number of nitro groups is 1. The summed E-state index contributed by atoms with van der Waals surface area (Å²) in [5.41, 5.74) is -0.209. The Kier molecular flexibility index (Phi) is 3.32. The summed E-state index contributed by atoms with van der Waals surface area (Å²) in [6, 6.07) is 2.99. The quantitative estimate of drug-likeness (QED) is 0.433. The average Bonchev–Trinajstić information content (AvgIpc) is 2.23. The lowest BCUT2D eigenvalue weighted by molar-refractivity contribution is -0.384. The molecule has 0 fully saturated rings. The van der Waals surface area contributed by atoms with E-state index in [0.717, 1.165) is 0 Å². The van der Waals surface area contributed by atoms with Gasteiger partial charge in [-0.3, -0.25) is 10.1 Å². The molecule has 0 N–H and O–H groups in total. The maximum atomic E-state index is 10.8. The first-order chi connectivity index (χ1) is 7.93. The largest absolute Gasteiger partial charge is 0.325 e. The van der Waals surface area contributed by atoms with Gasteiger partial charge in [-0.1, -0.05) is 46.4 Å². The molecule has 88 valence electrons. The van der Waals surface area contributed by atoms with Gasteiger partial charge in [0.25, 0.3) is 0 Å². The molecule has 1 aromatic carbocycles. The Bertz CT molecular complexity index is 645. The van der Waals surface area contributed by atoms with Gasteiger partial charge in [-0.2, -0.15) is 0 Å². The summed E-state index contributed by atoms with van der Waals surface area (Å²) in [4.78, 5) is 13.9. The van der Waals surface area contributed by atoms with E-state index in [1.165, 1.54) is 12.1 Å². The molecule has 0 spiro atoms. The minimum absolute atomic E-state index is 0.108. The summed E-state index contributed by atoms with van der Waals surface area (Å²) in [5, 5.41) is 11.1. The summed E-state index contributed by atoms with van der Waals surface area (Å²) in [6.45, 7) is 0. The predicted octanol–water partition coefficient (Wildman–Crippen LogP) is 4.76. The fourth-order valence-electron chi connectivity index (χ4n) is 1.35. The molecule has 1 heterocycles. The second-order valence-corrected chi connectivity index (χ2v) is 4.60. The Balaban J connectivity index is 2.96. The number of hydrogen-bond donors (Lipinski definition) is 0. The van der Waals surface area contributed by atoms with Crippen LogP contribution in [0.3, 0.4) is 0 Å². The van der Waals surface area contributed by atoms with Crippen LogP contribution < -0.4 is 0 Å². The van der Waals surface area contributed by atoms with E-state index in [0.29, 0.717) is 5.39 Å². The van der Waals surface area contributed by atoms with E-state index in [1.807, 2.05) is 0 Å². The summed E-state index contributed by atoms with van der Waals surface area (Å²) < 4.78 is 0. The van der Waals surface area contributed by atoms with Gasteiger partial charge in [-0.25, -0.2) is 4.98 Å². The third-order valence-corrected chi connectivity index (χ3v) is 3.54. The molecule has 0 saturated carbocycles. The van der Waals surface area contributed by atoms with Gasteiger partial charge >= 0.3 is 5.69 Å². The van der Waals surface area contributed by atoms with Crippen molar-refractivity contribution < 1.29 is 4.92 Å². The number of pyridine rings is 1. The van der Waals surface area contributed by atoms with E-state index in [4.69, 9.17) is 46.4 Å². The standard InChI is InChI=1S/C9H2Cl4N2O2/c10-4-2-1-3-5(11)8(15(16)17)9(13)14-7(3)6(4)12/h1-2H. The third-order valence-electron chi connectivity index (χ3n) is 2.10. The van der Waals surface area contributed by atoms with Crippen LogP contribution in [0.1, 0.15) is 0 Å². The van der Waals surface area contributed by atoms with Gasteiger partial charge in [0.1, 0.15) is 5.02 Å². The zero-order valence-electron chi connectivity index (χ0n) is 7.88. The molecule has 17 heavy (non-hydrogen) atoms. The molecule has 0 atom stereocenters. The first-order valence-electron chi connectivity index (χ1n) is 4.20. The van der Waals surface area contributed by atoms with Gasteiger partial charge in [0.05, 0.1) is 20.5 Å². The van der Waals surface area contributed by atoms with Gasteiger partial charge in [-0.05, 0) is 12.1 Å². The molecule has 0 aliphatic heterocycles. The van der Waals surface area contributed by atoms with Crippen LogP contribution in [0.25, 0.3) is 10.9 Å². The summed E-state index contributed by atoms with van der Waals surface area (Å²) >= 11 is 23.3. The van der Waals surface area contributed by atoms with Gasteiger partial charge in [0.15, 0.2) is 0 Å². The van der Waals surface area contributed by atoms with Crippen molar-refractivity contribution >= 4 is 63.0 Å². The van der Waals surface area contributed by atoms with Crippen molar-refractivity contribution in [3.8, 4) is 0 Å². The average molecular weight is 312 g/mol. The molecular weight excluding hydrogens is 310 g/mol. The molecule has 0 radical (unpaired) electrons. The zero-order chi connectivity index (χ0) is 12.7. The van der Waals surface area contributed by atoms with Crippen LogP contribution in [0.2, 0.25) is 20.2 Å². The Morgan fingerprint density at radius 2 is 1.76 bits per heavy atom. The number of halogens is 4. The molecule has 0 saturated heterocycles. The molecule has 2 aromatic rings. The van der Waals surface area contributed by atoms with Gasteiger partial charge < -0.3 is 0 Å². The highest BCUT2D eigenvalue weighted by atomic mass is 35.5. The third kappa shape index (κ3) is 2.02. The van der Waals surface area contributed by atoms with Crippen LogP contribution in [0.5, 0.6) is 0 Å². The number of aromatic nitrogens is 1. The highest BCUT2D eigenvalue weighted by Gasteiger charge is 2.23. The number of fused-ring (bicyclic) bond motifs is 1. The number of rotatable bonds is 1. The monoisotopic (exact) mass is 310 g/mol. The lowest BCUT2D eigenvalue weighted by Gasteiger charge is -2.05. The molecule has 1 aromatic heterocycles. The van der Waals surface area contributed by atoms with E-state index >= 15 is 0 Å².